The number of sulfone groups is 1. The van der Waals surface area contributed by atoms with E-state index in [1.54, 1.807) is 69.5 Å². The number of fused-ring (bicyclic) bond motifs is 9. The first-order valence-corrected chi connectivity index (χ1v) is 42.5. The topological polar surface area (TPSA) is 171 Å². The van der Waals surface area contributed by atoms with Crippen LogP contribution in [0.15, 0.2) is 386 Å². The molecule has 2 aliphatic heterocycles. The summed E-state index contributed by atoms with van der Waals surface area (Å²) in [5.74, 6) is 1.57. The van der Waals surface area contributed by atoms with Crippen molar-refractivity contribution < 1.29 is 77.7 Å². The second-order valence-corrected chi connectivity index (χ2v) is 34.3. The second-order valence-electron chi connectivity index (χ2n) is 29.7. The summed E-state index contributed by atoms with van der Waals surface area (Å²) in [5.41, 5.74) is 20.1. The standard InChI is InChI=1S/C27H26N3.C27H18N2OP.C21H13N2O2S.C10H9N2.C9H7N2.C9H6NO.3Ir/c1-18-16-19(2)30(28-18)22-13-10-20(11-14-22)21-12-15-24-23-8-6-7-9-25(23)29(26(24)17-21)27(3,4)5;30-31(23-7-2-1-3-8-23)26-10-5-4-9-24(26)25-16-13-21(19-27(25)31)20-11-14-22(15-12-20)29-18-6-17-28-29;24-26(25)20-5-2-1-4-18(20)19-11-8-16(14-21(19)26)15-6-9-17(10-7-15)23-13-3-12-22-23;1-12-8-7-11-10(12)9-5-3-2-4-6-9;1-2-5-9(6-3-1)11-8-4-7-10-11;1-2-4-8(5-3-1)9-10-6-7-11-9;;;/h6-13,15-17H,1-5H3;1-14,16-19H;1-9,11-14H;2-5,7-8H,1H3;1-5,7-8H;1-4,6-7H;;;/q6*-1;;;. The van der Waals surface area contributed by atoms with Crippen LogP contribution in [-0.2, 0) is 87.3 Å². The van der Waals surface area contributed by atoms with Gasteiger partial charge in [-0.05, 0) is 117 Å². The van der Waals surface area contributed by atoms with Gasteiger partial charge in [-0.25, -0.2) is 8.42 Å². The minimum Gasteiger partial charge on any atom is -0.489 e. The number of nitrogens with zero attached hydrogens (tertiary/aromatic N) is 12. The van der Waals surface area contributed by atoms with Crippen LogP contribution in [0, 0.1) is 50.2 Å². The number of hydrogen-bond donors (Lipinski definition) is 0. The minimum absolute atomic E-state index is 0. The molecular formula is C103H79Ir3N12O4PS-6. The van der Waals surface area contributed by atoms with Crippen molar-refractivity contribution in [2.75, 3.05) is 0 Å². The Morgan fingerprint density at radius 1 is 0.403 bits per heavy atom. The van der Waals surface area contributed by atoms with E-state index in [-0.39, 0.29) is 65.9 Å². The average molecular weight is 2190 g/mol. The molecule has 0 bridgehead atoms. The van der Waals surface area contributed by atoms with Crippen molar-refractivity contribution in [3.63, 3.8) is 0 Å². The van der Waals surface area contributed by atoms with Gasteiger partial charge >= 0.3 is 0 Å². The van der Waals surface area contributed by atoms with Crippen molar-refractivity contribution in [2.24, 2.45) is 7.05 Å². The maximum atomic E-state index is 14.6. The van der Waals surface area contributed by atoms with Gasteiger partial charge in [0, 0.05) is 177 Å². The van der Waals surface area contributed by atoms with Crippen molar-refractivity contribution in [1.29, 1.82) is 0 Å². The molecule has 0 spiro atoms. The van der Waals surface area contributed by atoms with Crippen LogP contribution in [0.3, 0.4) is 0 Å². The number of oxazole rings is 1. The Hall–Kier alpha value is -13.0. The normalized spacial score (nSPS) is 12.8. The molecular weight excluding hydrogens is 2110 g/mol. The van der Waals surface area contributed by atoms with E-state index < -0.39 is 17.0 Å². The van der Waals surface area contributed by atoms with Gasteiger partial charge in [-0.1, -0.05) is 156 Å². The number of hydrogen-bond acceptors (Lipinski definition) is 10. The predicted molar refractivity (Wildman–Crippen MR) is 481 cm³/mol. The smallest absolute Gasteiger partial charge is 0.207 e. The molecule has 1 atom stereocenters. The summed E-state index contributed by atoms with van der Waals surface area (Å²) in [7, 11) is -4.41. The van der Waals surface area contributed by atoms with Crippen molar-refractivity contribution >= 4 is 54.7 Å². The fourth-order valence-corrected chi connectivity index (χ4v) is 20.0. The molecule has 16 nitrogen and oxygen atoms in total. The van der Waals surface area contributed by atoms with Gasteiger partial charge in [0.15, 0.2) is 7.14 Å². The van der Waals surface area contributed by atoms with E-state index in [1.807, 2.05) is 242 Å². The molecule has 13 aromatic carbocycles. The molecule has 22 rings (SSSR count). The zero-order valence-electron chi connectivity index (χ0n) is 68.1. The minimum atomic E-state index is -3.46. The van der Waals surface area contributed by atoms with E-state index in [1.165, 1.54) is 27.4 Å². The summed E-state index contributed by atoms with van der Waals surface area (Å²) >= 11 is 0. The summed E-state index contributed by atoms with van der Waals surface area (Å²) in [4.78, 5) is 8.96. The van der Waals surface area contributed by atoms with Crippen molar-refractivity contribution in [1.82, 2.24) is 58.2 Å². The summed E-state index contributed by atoms with van der Waals surface area (Å²) in [6, 6.07) is 120. The molecule has 3 radical (unpaired) electrons. The molecule has 1 unspecified atom stereocenters. The summed E-state index contributed by atoms with van der Waals surface area (Å²) in [5, 5.41) is 22.4. The Morgan fingerprint density at radius 3 is 1.46 bits per heavy atom. The van der Waals surface area contributed by atoms with Crippen LogP contribution >= 0.6 is 7.14 Å². The second kappa shape index (κ2) is 38.6. The monoisotopic (exact) mass is 2190 g/mol. The number of aryl methyl sites for hydroxylation is 3. The number of imidazole rings is 1. The average Bonchev–Trinajstić information content (AvgIpc) is 1.56. The maximum absolute atomic E-state index is 14.6. The van der Waals surface area contributed by atoms with Crippen LogP contribution < -0.4 is 15.9 Å². The Morgan fingerprint density at radius 2 is 0.911 bits per heavy atom. The van der Waals surface area contributed by atoms with Gasteiger partial charge in [0.05, 0.1) is 33.8 Å². The van der Waals surface area contributed by atoms with Crippen LogP contribution in [0.25, 0.3) is 123 Å². The van der Waals surface area contributed by atoms with Crippen molar-refractivity contribution in [2.45, 2.75) is 49.9 Å². The van der Waals surface area contributed by atoms with Gasteiger partial charge in [-0.15, -0.1) is 107 Å². The van der Waals surface area contributed by atoms with Crippen molar-refractivity contribution in [3.8, 4) is 101 Å². The molecule has 124 heavy (non-hydrogen) atoms. The number of rotatable bonds is 10. The third-order valence-corrected chi connectivity index (χ3v) is 25.8. The number of aromatic nitrogens is 12. The molecule has 0 fully saturated rings. The Labute approximate surface area is 761 Å². The van der Waals surface area contributed by atoms with Gasteiger partial charge in [0.2, 0.25) is 9.84 Å². The molecule has 7 aromatic heterocycles. The zero-order chi connectivity index (χ0) is 83.0. The van der Waals surface area contributed by atoms with Gasteiger partial charge in [-0.3, -0.25) is 28.7 Å². The van der Waals surface area contributed by atoms with E-state index in [0.717, 1.165) is 117 Å². The zero-order valence-corrected chi connectivity index (χ0v) is 77.0. The molecule has 20 aromatic rings. The summed E-state index contributed by atoms with van der Waals surface area (Å²) in [6.45, 7) is 10.9. The first-order valence-electron chi connectivity index (χ1n) is 39.3. The molecule has 2 aliphatic rings. The SMILES string of the molecule is Cc1cc(C)n(-c2[c-]cc(-c3ccc4c5ccccc5n(C(C)(C)C)c4c3)cc2)n1.Cn1ccnc1-c1[c-]cccc1.O=P1(c2ccccc2)c2ccccc2-c2ccc(-c3c[c-]c(-n4cccn4)cc3)cc21.O=S1(=O)c2ccccc2-c2ccc(-c3c[c-]c(-n4cccn4)cc3)cc21.[Ir].[Ir].[Ir].[c-]1ccccc1-c1ncco1.[c-]1ccccc1-n1cccn1. The van der Waals surface area contributed by atoms with Crippen LogP contribution in [0.2, 0.25) is 0 Å². The largest absolute Gasteiger partial charge is 0.489 e. The van der Waals surface area contributed by atoms with E-state index in [4.69, 9.17) is 4.42 Å². The fourth-order valence-electron chi connectivity index (χ4n) is 15.2. The number of benzene rings is 13. The molecule has 9 heterocycles. The summed E-state index contributed by atoms with van der Waals surface area (Å²) in [6.07, 6.45) is 17.7. The fraction of sp³-hybridized carbons (Fsp3) is 0.0680. The molecule has 0 N–H and O–H groups in total. The Kier molecular flexibility index (Phi) is 27.2. The molecule has 619 valence electrons. The van der Waals surface area contributed by atoms with Crippen LogP contribution in [-0.4, -0.2) is 66.6 Å². The van der Waals surface area contributed by atoms with Crippen LogP contribution in [0.1, 0.15) is 32.2 Å². The summed E-state index contributed by atoms with van der Waals surface area (Å²) < 4.78 is 57.1. The van der Waals surface area contributed by atoms with Gasteiger partial charge < -0.3 is 18.1 Å². The Balaban J connectivity index is 0.000000126. The van der Waals surface area contributed by atoms with E-state index in [9.17, 15) is 13.0 Å². The number of para-hydroxylation sites is 2. The van der Waals surface area contributed by atoms with Crippen LogP contribution in [0.5, 0.6) is 0 Å². The van der Waals surface area contributed by atoms with E-state index in [2.05, 4.69) is 196 Å². The Bertz CT molecular complexity index is 7040. The van der Waals surface area contributed by atoms with Gasteiger partial charge in [0.1, 0.15) is 5.89 Å². The van der Waals surface area contributed by atoms with Gasteiger partial charge in [0.25, 0.3) is 0 Å². The van der Waals surface area contributed by atoms with E-state index in [0.29, 0.717) is 15.7 Å². The predicted octanol–water partition coefficient (Wildman–Crippen LogP) is 21.6. The first kappa shape index (κ1) is 87.4. The quantitative estimate of drug-likeness (QED) is 0.0948. The first-order chi connectivity index (χ1) is 59.0. The molecule has 21 heteroatoms. The molecule has 0 saturated heterocycles. The molecule has 0 saturated carbocycles. The maximum Gasteiger partial charge on any atom is 0.207 e. The van der Waals surface area contributed by atoms with E-state index >= 15 is 0 Å². The van der Waals surface area contributed by atoms with Gasteiger partial charge in [-0.2, -0.15) is 99.3 Å². The third kappa shape index (κ3) is 18.4. The third-order valence-electron chi connectivity index (χ3n) is 20.8. The van der Waals surface area contributed by atoms with Crippen LogP contribution in [0.4, 0.5) is 0 Å². The molecule has 0 aliphatic carbocycles. The molecule has 0 amide bonds. The van der Waals surface area contributed by atoms with Crippen molar-refractivity contribution in [3.05, 3.63) is 419 Å².